The van der Waals surface area contributed by atoms with E-state index in [1.54, 1.807) is 6.20 Å². The molecule has 2 heterocycles. The molecular weight excluding hydrogens is 238 g/mol. The van der Waals surface area contributed by atoms with E-state index in [4.69, 9.17) is 0 Å². The van der Waals surface area contributed by atoms with Crippen LogP contribution in [-0.4, -0.2) is 15.5 Å². The number of carbonyl (C=O) groups excluding carboxylic acids is 1. The molecule has 1 N–H and O–H groups in total. The molecule has 98 valence electrons. The van der Waals surface area contributed by atoms with E-state index in [9.17, 15) is 4.79 Å². The minimum absolute atomic E-state index is 0.0817. The molecule has 0 fully saturated rings. The highest BCUT2D eigenvalue weighted by molar-refractivity contribution is 5.76. The zero-order valence-electron chi connectivity index (χ0n) is 10.7. The number of imidazole rings is 1. The van der Waals surface area contributed by atoms with E-state index in [1.807, 2.05) is 24.4 Å². The number of carbonyl (C=O) groups is 1. The lowest BCUT2D eigenvalue weighted by Crippen LogP contribution is -2.27. The molecule has 1 aromatic heterocycles. The van der Waals surface area contributed by atoms with Crippen LogP contribution in [0, 0.1) is 0 Å². The first-order valence-electron chi connectivity index (χ1n) is 6.67. The van der Waals surface area contributed by atoms with E-state index in [2.05, 4.69) is 27.0 Å². The zero-order valence-corrected chi connectivity index (χ0v) is 10.7. The Balaban J connectivity index is 1.53. The Labute approximate surface area is 112 Å². The van der Waals surface area contributed by atoms with Gasteiger partial charge in [0.1, 0.15) is 5.82 Å². The Morgan fingerprint density at radius 3 is 3.05 bits per heavy atom. The Bertz CT molecular complexity index is 562. The monoisotopic (exact) mass is 255 g/mol. The number of benzene rings is 1. The summed E-state index contributed by atoms with van der Waals surface area (Å²) < 4.78 is 2.10. The van der Waals surface area contributed by atoms with Crippen molar-refractivity contribution in [3.63, 3.8) is 0 Å². The zero-order chi connectivity index (χ0) is 13.1. The van der Waals surface area contributed by atoms with Crippen LogP contribution < -0.4 is 5.32 Å². The van der Waals surface area contributed by atoms with Crippen molar-refractivity contribution in [2.24, 2.45) is 0 Å². The second kappa shape index (κ2) is 5.26. The molecule has 0 aliphatic carbocycles. The van der Waals surface area contributed by atoms with Gasteiger partial charge in [0.05, 0.1) is 6.04 Å². The van der Waals surface area contributed by atoms with Crippen LogP contribution in [0.1, 0.15) is 30.3 Å². The van der Waals surface area contributed by atoms with E-state index in [0.29, 0.717) is 6.42 Å². The van der Waals surface area contributed by atoms with Crippen molar-refractivity contribution in [1.29, 1.82) is 0 Å². The third-order valence-corrected chi connectivity index (χ3v) is 3.54. The summed E-state index contributed by atoms with van der Waals surface area (Å²) >= 11 is 0. The molecule has 1 aromatic carbocycles. The average molecular weight is 255 g/mol. The van der Waals surface area contributed by atoms with Crippen molar-refractivity contribution in [2.75, 3.05) is 0 Å². The molecule has 1 aliphatic heterocycles. The molecule has 4 nitrogen and oxygen atoms in total. The summed E-state index contributed by atoms with van der Waals surface area (Å²) in [4.78, 5) is 16.3. The Morgan fingerprint density at radius 2 is 2.21 bits per heavy atom. The van der Waals surface area contributed by atoms with Gasteiger partial charge in [-0.15, -0.1) is 0 Å². The molecule has 1 atom stereocenters. The first-order valence-corrected chi connectivity index (χ1v) is 6.67. The van der Waals surface area contributed by atoms with Gasteiger partial charge in [0, 0.05) is 25.4 Å². The molecule has 2 aromatic rings. The molecule has 3 rings (SSSR count). The van der Waals surface area contributed by atoms with Gasteiger partial charge in [-0.3, -0.25) is 4.79 Å². The van der Waals surface area contributed by atoms with Crippen LogP contribution in [-0.2, 0) is 17.8 Å². The van der Waals surface area contributed by atoms with E-state index in [-0.39, 0.29) is 11.9 Å². The number of aryl methyl sites for hydroxylation is 2. The van der Waals surface area contributed by atoms with Crippen LogP contribution in [0.2, 0.25) is 0 Å². The predicted octanol–water partition coefficient (Wildman–Crippen LogP) is 2.08. The SMILES string of the molecule is O=C(CCc1ccccc1)NC1CCn2ccnc21. The number of amides is 1. The molecule has 0 radical (unpaired) electrons. The second-order valence-corrected chi connectivity index (χ2v) is 4.87. The van der Waals surface area contributed by atoms with Gasteiger partial charge in [-0.2, -0.15) is 0 Å². The first kappa shape index (κ1) is 12.0. The number of nitrogens with zero attached hydrogens (tertiary/aromatic N) is 2. The van der Waals surface area contributed by atoms with Gasteiger partial charge in [-0.05, 0) is 18.4 Å². The van der Waals surface area contributed by atoms with Crippen LogP contribution in [0.5, 0.6) is 0 Å². The van der Waals surface area contributed by atoms with Crippen molar-refractivity contribution in [2.45, 2.75) is 31.8 Å². The molecule has 0 spiro atoms. The second-order valence-electron chi connectivity index (χ2n) is 4.87. The number of fused-ring (bicyclic) bond motifs is 1. The number of rotatable bonds is 4. The minimum atomic E-state index is 0.0817. The molecule has 0 bridgehead atoms. The maximum Gasteiger partial charge on any atom is 0.220 e. The summed E-state index contributed by atoms with van der Waals surface area (Å²) in [6.07, 6.45) is 6.01. The topological polar surface area (TPSA) is 46.9 Å². The van der Waals surface area contributed by atoms with Gasteiger partial charge < -0.3 is 9.88 Å². The van der Waals surface area contributed by atoms with E-state index in [1.165, 1.54) is 5.56 Å². The number of hydrogen-bond acceptors (Lipinski definition) is 2. The van der Waals surface area contributed by atoms with Gasteiger partial charge in [0.25, 0.3) is 0 Å². The van der Waals surface area contributed by atoms with Gasteiger partial charge in [-0.1, -0.05) is 30.3 Å². The number of nitrogens with one attached hydrogen (secondary N) is 1. The quantitative estimate of drug-likeness (QED) is 0.909. The van der Waals surface area contributed by atoms with Crippen LogP contribution in [0.4, 0.5) is 0 Å². The van der Waals surface area contributed by atoms with Crippen molar-refractivity contribution in [3.8, 4) is 0 Å². The molecule has 19 heavy (non-hydrogen) atoms. The lowest BCUT2D eigenvalue weighted by Gasteiger charge is -2.11. The van der Waals surface area contributed by atoms with Crippen LogP contribution >= 0.6 is 0 Å². The van der Waals surface area contributed by atoms with Gasteiger partial charge in [0.2, 0.25) is 5.91 Å². The van der Waals surface area contributed by atoms with Crippen LogP contribution in [0.15, 0.2) is 42.7 Å². The summed E-state index contributed by atoms with van der Waals surface area (Å²) in [5, 5.41) is 3.07. The summed E-state index contributed by atoms with van der Waals surface area (Å²) in [6, 6.07) is 10.2. The molecule has 0 saturated carbocycles. The number of aromatic nitrogens is 2. The lowest BCUT2D eigenvalue weighted by atomic mass is 10.1. The first-order chi connectivity index (χ1) is 9.33. The normalized spacial score (nSPS) is 17.2. The van der Waals surface area contributed by atoms with Gasteiger partial charge >= 0.3 is 0 Å². The molecule has 1 aliphatic rings. The van der Waals surface area contributed by atoms with Crippen molar-refractivity contribution < 1.29 is 4.79 Å². The van der Waals surface area contributed by atoms with Crippen molar-refractivity contribution in [3.05, 3.63) is 54.1 Å². The fourth-order valence-corrected chi connectivity index (χ4v) is 2.52. The molecule has 1 amide bonds. The van der Waals surface area contributed by atoms with E-state index in [0.717, 1.165) is 25.2 Å². The molecule has 0 saturated heterocycles. The molecule has 4 heteroatoms. The van der Waals surface area contributed by atoms with Gasteiger partial charge in [0.15, 0.2) is 0 Å². The van der Waals surface area contributed by atoms with Crippen molar-refractivity contribution in [1.82, 2.24) is 14.9 Å². The molecule has 1 unspecified atom stereocenters. The van der Waals surface area contributed by atoms with Crippen LogP contribution in [0.25, 0.3) is 0 Å². The minimum Gasteiger partial charge on any atom is -0.346 e. The third-order valence-electron chi connectivity index (χ3n) is 3.54. The fraction of sp³-hybridized carbons (Fsp3) is 0.333. The lowest BCUT2D eigenvalue weighted by molar-refractivity contribution is -0.121. The van der Waals surface area contributed by atoms with Crippen molar-refractivity contribution >= 4 is 5.91 Å². The Morgan fingerprint density at radius 1 is 1.37 bits per heavy atom. The Kier molecular flexibility index (Phi) is 3.31. The summed E-state index contributed by atoms with van der Waals surface area (Å²) in [7, 11) is 0. The highest BCUT2D eigenvalue weighted by Gasteiger charge is 2.24. The highest BCUT2D eigenvalue weighted by atomic mass is 16.1. The highest BCUT2D eigenvalue weighted by Crippen LogP contribution is 2.23. The number of hydrogen-bond donors (Lipinski definition) is 1. The summed E-state index contributed by atoms with van der Waals surface area (Å²) in [5.41, 5.74) is 1.20. The maximum atomic E-state index is 12.0. The van der Waals surface area contributed by atoms with Gasteiger partial charge in [-0.25, -0.2) is 4.98 Å². The van der Waals surface area contributed by atoms with E-state index < -0.39 is 0 Å². The van der Waals surface area contributed by atoms with E-state index >= 15 is 0 Å². The standard InChI is InChI=1S/C15H17N3O/c19-14(7-6-12-4-2-1-3-5-12)17-13-8-10-18-11-9-16-15(13)18/h1-5,9,11,13H,6-8,10H2,(H,17,19). The smallest absolute Gasteiger partial charge is 0.220 e. The molecular formula is C15H17N3O. The maximum absolute atomic E-state index is 12.0. The average Bonchev–Trinajstić information content (AvgIpc) is 3.03. The third kappa shape index (κ3) is 2.67. The van der Waals surface area contributed by atoms with Crippen LogP contribution in [0.3, 0.4) is 0 Å². The fourth-order valence-electron chi connectivity index (χ4n) is 2.52. The Hall–Kier alpha value is -2.10. The largest absolute Gasteiger partial charge is 0.346 e. The summed E-state index contributed by atoms with van der Waals surface area (Å²) in [5.74, 6) is 1.08. The predicted molar refractivity (Wildman–Crippen MR) is 72.5 cm³/mol. The summed E-state index contributed by atoms with van der Waals surface area (Å²) in [6.45, 7) is 0.943.